The molecule has 1 aliphatic heterocycles. The van der Waals surface area contributed by atoms with Gasteiger partial charge in [0.2, 0.25) is 0 Å². The first-order valence-corrected chi connectivity index (χ1v) is 13.1. The van der Waals surface area contributed by atoms with Crippen molar-refractivity contribution < 1.29 is 0 Å². The highest BCUT2D eigenvalue weighted by Crippen LogP contribution is 2.63. The number of hydrogen-bond acceptors (Lipinski definition) is 2. The molecule has 1 aromatic heterocycles. The van der Waals surface area contributed by atoms with Crippen LogP contribution in [0.1, 0.15) is 22.3 Å². The van der Waals surface area contributed by atoms with Crippen LogP contribution >= 0.6 is 11.8 Å². The summed E-state index contributed by atoms with van der Waals surface area (Å²) >= 11 is 1.89. The normalized spacial score (nSPS) is 14.2. The van der Waals surface area contributed by atoms with Crippen molar-refractivity contribution in [1.82, 2.24) is 4.98 Å². The molecular weight excluding hydrogens is 454 g/mol. The summed E-state index contributed by atoms with van der Waals surface area (Å²) in [7, 11) is 0. The third-order valence-electron chi connectivity index (χ3n) is 7.80. The van der Waals surface area contributed by atoms with Gasteiger partial charge in [0.1, 0.15) is 0 Å². The minimum atomic E-state index is -0.349. The van der Waals surface area contributed by atoms with E-state index in [1.807, 2.05) is 24.0 Å². The highest BCUT2D eigenvalue weighted by atomic mass is 32.2. The summed E-state index contributed by atoms with van der Waals surface area (Å²) in [6, 6.07) is 44.4. The van der Waals surface area contributed by atoms with Gasteiger partial charge >= 0.3 is 0 Å². The average molecular weight is 476 g/mol. The molecule has 0 bridgehead atoms. The molecule has 0 saturated heterocycles. The van der Waals surface area contributed by atoms with Crippen molar-refractivity contribution in [3.05, 3.63) is 150 Å². The van der Waals surface area contributed by atoms with E-state index in [0.29, 0.717) is 0 Å². The van der Waals surface area contributed by atoms with Crippen molar-refractivity contribution in [2.75, 3.05) is 0 Å². The van der Waals surface area contributed by atoms with Gasteiger partial charge in [0.25, 0.3) is 0 Å². The fourth-order valence-electron chi connectivity index (χ4n) is 6.41. The van der Waals surface area contributed by atoms with E-state index in [1.54, 1.807) is 0 Å². The van der Waals surface area contributed by atoms with Crippen LogP contribution < -0.4 is 0 Å². The van der Waals surface area contributed by atoms with Crippen LogP contribution in [0, 0.1) is 0 Å². The van der Waals surface area contributed by atoms with Crippen LogP contribution in [0.2, 0.25) is 0 Å². The van der Waals surface area contributed by atoms with Crippen molar-refractivity contribution in [1.29, 1.82) is 0 Å². The average Bonchev–Trinajstić information content (AvgIpc) is 3.24. The van der Waals surface area contributed by atoms with Crippen LogP contribution in [-0.4, -0.2) is 4.98 Å². The van der Waals surface area contributed by atoms with Crippen LogP contribution in [0.3, 0.4) is 0 Å². The molecule has 0 amide bonds. The minimum absolute atomic E-state index is 0.349. The predicted octanol–water partition coefficient (Wildman–Crippen LogP) is 8.73. The van der Waals surface area contributed by atoms with Crippen molar-refractivity contribution >= 4 is 22.7 Å². The quantitative estimate of drug-likeness (QED) is 0.235. The number of fused-ring (bicyclic) bond motifs is 10. The first-order chi connectivity index (χ1) is 17.9. The lowest BCUT2D eigenvalue weighted by Crippen LogP contribution is -2.32. The van der Waals surface area contributed by atoms with E-state index in [2.05, 4.69) is 115 Å². The van der Waals surface area contributed by atoms with Crippen molar-refractivity contribution in [2.24, 2.45) is 0 Å². The Morgan fingerprint density at radius 3 is 1.86 bits per heavy atom. The number of rotatable bonds is 1. The summed E-state index contributed by atoms with van der Waals surface area (Å²) in [5, 5.41) is 1.17. The largest absolute Gasteiger partial charge is 0.256 e. The second kappa shape index (κ2) is 7.43. The molecule has 0 radical (unpaired) electrons. The Morgan fingerprint density at radius 1 is 0.472 bits per heavy atom. The maximum Gasteiger partial charge on any atom is 0.0780 e. The zero-order chi connectivity index (χ0) is 23.7. The molecule has 36 heavy (non-hydrogen) atoms. The molecule has 1 nitrogen and oxygen atoms in total. The molecule has 5 aromatic carbocycles. The van der Waals surface area contributed by atoms with Crippen LogP contribution in [-0.2, 0) is 5.41 Å². The molecule has 2 aliphatic rings. The summed E-state index contributed by atoms with van der Waals surface area (Å²) in [6.07, 6.45) is 1.90. The molecule has 0 N–H and O–H groups in total. The van der Waals surface area contributed by atoms with Gasteiger partial charge < -0.3 is 0 Å². The predicted molar refractivity (Wildman–Crippen MR) is 149 cm³/mol. The Morgan fingerprint density at radius 2 is 1.06 bits per heavy atom. The number of para-hydroxylation sites is 1. The number of benzene rings is 5. The lowest BCUT2D eigenvalue weighted by Gasteiger charge is -2.40. The summed E-state index contributed by atoms with van der Waals surface area (Å²) < 4.78 is 0. The number of hydrogen-bond donors (Lipinski definition) is 0. The summed E-state index contributed by atoms with van der Waals surface area (Å²) in [4.78, 5) is 7.44. The zero-order valence-electron chi connectivity index (χ0n) is 19.5. The van der Waals surface area contributed by atoms with E-state index in [-0.39, 0.29) is 5.41 Å². The minimum Gasteiger partial charge on any atom is -0.256 e. The Bertz CT molecular complexity index is 1780. The van der Waals surface area contributed by atoms with Gasteiger partial charge in [0.05, 0.1) is 10.9 Å². The van der Waals surface area contributed by atoms with Gasteiger partial charge in [-0.05, 0) is 51.1 Å². The fourth-order valence-corrected chi connectivity index (χ4v) is 7.73. The van der Waals surface area contributed by atoms with Gasteiger partial charge in [0.15, 0.2) is 0 Å². The van der Waals surface area contributed by atoms with Gasteiger partial charge in [-0.3, -0.25) is 4.98 Å². The second-order valence-electron chi connectivity index (χ2n) is 9.50. The molecule has 0 unspecified atom stereocenters. The van der Waals surface area contributed by atoms with E-state index in [4.69, 9.17) is 4.98 Å². The van der Waals surface area contributed by atoms with Gasteiger partial charge in [-0.2, -0.15) is 0 Å². The van der Waals surface area contributed by atoms with Crippen molar-refractivity contribution in [2.45, 2.75) is 15.2 Å². The molecule has 2 heterocycles. The standard InChI is InChI=1S/C34H21NS/c1-3-16-27-23(12-1)24-13-2-4-17-28(24)34(27)29-18-5-6-20-31(29)36-33-26(15-8-19-30(33)34)25-14-7-10-22-11-9-21-35-32(22)25/h1-21H. The van der Waals surface area contributed by atoms with Gasteiger partial charge in [-0.1, -0.05) is 121 Å². The van der Waals surface area contributed by atoms with E-state index >= 15 is 0 Å². The molecule has 1 aliphatic carbocycles. The molecule has 1 spiro atoms. The lowest BCUT2D eigenvalue weighted by molar-refractivity contribution is 0.723. The van der Waals surface area contributed by atoms with Crippen LogP contribution in [0.5, 0.6) is 0 Å². The molecular formula is C34H21NS. The van der Waals surface area contributed by atoms with Crippen LogP contribution in [0.15, 0.2) is 137 Å². The van der Waals surface area contributed by atoms with E-state index in [9.17, 15) is 0 Å². The fraction of sp³-hybridized carbons (Fsp3) is 0.0294. The highest BCUT2D eigenvalue weighted by Gasteiger charge is 2.50. The van der Waals surface area contributed by atoms with Crippen molar-refractivity contribution in [3.8, 4) is 22.3 Å². The smallest absolute Gasteiger partial charge is 0.0780 e. The summed E-state index contributed by atoms with van der Waals surface area (Å²) in [6.45, 7) is 0. The van der Waals surface area contributed by atoms with Crippen molar-refractivity contribution in [3.63, 3.8) is 0 Å². The second-order valence-corrected chi connectivity index (χ2v) is 10.6. The van der Waals surface area contributed by atoms with E-state index in [1.165, 1.54) is 59.7 Å². The number of pyridine rings is 1. The molecule has 8 rings (SSSR count). The maximum absolute atomic E-state index is 4.80. The lowest BCUT2D eigenvalue weighted by atomic mass is 9.67. The zero-order valence-corrected chi connectivity index (χ0v) is 20.3. The molecule has 6 aromatic rings. The maximum atomic E-state index is 4.80. The monoisotopic (exact) mass is 475 g/mol. The Balaban J connectivity index is 1.53. The van der Waals surface area contributed by atoms with E-state index in [0.717, 1.165) is 5.52 Å². The highest BCUT2D eigenvalue weighted by molar-refractivity contribution is 7.99. The number of nitrogens with zero attached hydrogens (tertiary/aromatic N) is 1. The SMILES string of the molecule is c1ccc2c(c1)Sc1c(-c3cccc4cccnc34)cccc1C21c2ccccc2-c2ccccc21. The number of aromatic nitrogens is 1. The molecule has 0 saturated carbocycles. The Kier molecular flexibility index (Phi) is 4.15. The molecule has 0 fully saturated rings. The third kappa shape index (κ3) is 2.49. The Labute approximate surface area is 214 Å². The molecule has 0 atom stereocenters. The van der Waals surface area contributed by atoms with Crippen LogP contribution in [0.25, 0.3) is 33.2 Å². The topological polar surface area (TPSA) is 12.9 Å². The molecule has 168 valence electrons. The molecule has 2 heteroatoms. The van der Waals surface area contributed by atoms with Gasteiger partial charge in [-0.25, -0.2) is 0 Å². The van der Waals surface area contributed by atoms with Crippen LogP contribution in [0.4, 0.5) is 0 Å². The summed E-state index contributed by atoms with van der Waals surface area (Å²) in [5.41, 5.74) is 11.3. The Hall–Kier alpha value is -4.14. The van der Waals surface area contributed by atoms with Gasteiger partial charge in [-0.15, -0.1) is 0 Å². The summed E-state index contributed by atoms with van der Waals surface area (Å²) in [5.74, 6) is 0. The third-order valence-corrected chi connectivity index (χ3v) is 9.02. The first-order valence-electron chi connectivity index (χ1n) is 12.3. The van der Waals surface area contributed by atoms with E-state index < -0.39 is 0 Å². The first kappa shape index (κ1) is 20.1. The van der Waals surface area contributed by atoms with Gasteiger partial charge in [0, 0.05) is 26.9 Å².